The molecule has 0 radical (unpaired) electrons. The number of rotatable bonds is 2. The van der Waals surface area contributed by atoms with Gasteiger partial charge in [-0.05, 0) is 6.07 Å². The molecule has 1 saturated heterocycles. The van der Waals surface area contributed by atoms with Gasteiger partial charge >= 0.3 is 0 Å². The second kappa shape index (κ2) is 3.67. The number of phenols is 1. The average molecular weight is 193 g/mol. The first-order valence-electron chi connectivity index (χ1n) is 4.40. The van der Waals surface area contributed by atoms with E-state index in [4.69, 9.17) is 4.74 Å². The fourth-order valence-corrected chi connectivity index (χ4v) is 1.39. The van der Waals surface area contributed by atoms with Gasteiger partial charge in [0, 0.05) is 5.56 Å². The summed E-state index contributed by atoms with van der Waals surface area (Å²) >= 11 is 0. The normalized spacial score (nSPS) is 16.3. The van der Waals surface area contributed by atoms with Gasteiger partial charge in [0.1, 0.15) is 19.1 Å². The highest BCUT2D eigenvalue weighted by molar-refractivity contribution is 5.78. The highest BCUT2D eigenvalue weighted by Crippen LogP contribution is 2.18. The molecule has 0 bridgehead atoms. The van der Waals surface area contributed by atoms with Crippen molar-refractivity contribution in [3.8, 4) is 5.75 Å². The van der Waals surface area contributed by atoms with Gasteiger partial charge in [-0.25, -0.2) is 0 Å². The highest BCUT2D eigenvalue weighted by Gasteiger charge is 2.21. The zero-order valence-corrected chi connectivity index (χ0v) is 7.64. The van der Waals surface area contributed by atoms with Crippen LogP contribution in [0.15, 0.2) is 24.3 Å². The summed E-state index contributed by atoms with van der Waals surface area (Å²) in [4.78, 5) is 12.8. The van der Waals surface area contributed by atoms with Crippen LogP contribution in [0.4, 0.5) is 0 Å². The molecule has 4 heteroatoms. The number of phenolic OH excluding ortho intramolecular Hbond substituents is 1. The molecule has 0 spiro atoms. The number of benzene rings is 1. The van der Waals surface area contributed by atoms with Gasteiger partial charge < -0.3 is 14.7 Å². The minimum Gasteiger partial charge on any atom is -0.508 e. The fourth-order valence-electron chi connectivity index (χ4n) is 1.39. The van der Waals surface area contributed by atoms with Crippen molar-refractivity contribution in [3.63, 3.8) is 0 Å². The molecule has 1 aromatic rings. The molecule has 0 unspecified atom stereocenters. The van der Waals surface area contributed by atoms with E-state index in [1.54, 1.807) is 23.1 Å². The molecule has 1 aliphatic rings. The predicted octanol–water partition coefficient (Wildman–Crippen LogP) is 0.708. The van der Waals surface area contributed by atoms with Crippen LogP contribution in [0.25, 0.3) is 0 Å². The summed E-state index contributed by atoms with van der Waals surface area (Å²) in [5.74, 6) is 0.181. The molecule has 1 N–H and O–H groups in total. The summed E-state index contributed by atoms with van der Waals surface area (Å²) < 4.78 is 4.98. The molecule has 1 aliphatic heterocycles. The van der Waals surface area contributed by atoms with E-state index in [1.165, 1.54) is 0 Å². The van der Waals surface area contributed by atoms with Crippen LogP contribution in [0.2, 0.25) is 0 Å². The molecular formula is C10H11NO3. The molecular weight excluding hydrogens is 182 g/mol. The number of ether oxygens (including phenoxy) is 1. The Morgan fingerprint density at radius 2 is 2.21 bits per heavy atom. The number of carbonyl (C=O) groups excluding carboxylic acids is 1. The molecule has 1 fully saturated rings. The van der Waals surface area contributed by atoms with E-state index in [9.17, 15) is 9.90 Å². The van der Waals surface area contributed by atoms with Crippen molar-refractivity contribution in [2.24, 2.45) is 0 Å². The summed E-state index contributed by atoms with van der Waals surface area (Å²) in [7, 11) is 0. The van der Waals surface area contributed by atoms with Gasteiger partial charge in [0.25, 0.3) is 5.91 Å². The summed E-state index contributed by atoms with van der Waals surface area (Å²) in [6, 6.07) is 6.98. The van der Waals surface area contributed by atoms with E-state index >= 15 is 0 Å². The Labute approximate surface area is 81.7 Å². The van der Waals surface area contributed by atoms with Gasteiger partial charge in [-0.3, -0.25) is 4.79 Å². The number of amides is 1. The molecule has 0 aliphatic carbocycles. The minimum absolute atomic E-state index is 0.0340. The van der Waals surface area contributed by atoms with Crippen molar-refractivity contribution in [3.05, 3.63) is 29.8 Å². The summed E-state index contributed by atoms with van der Waals surface area (Å²) in [5.41, 5.74) is 0.742. The Balaban J connectivity index is 2.10. The molecule has 74 valence electrons. The summed E-state index contributed by atoms with van der Waals surface area (Å²) in [6.07, 6.45) is 0. The average Bonchev–Trinajstić information content (AvgIpc) is 2.56. The second-order valence-electron chi connectivity index (χ2n) is 3.20. The Morgan fingerprint density at radius 1 is 1.43 bits per heavy atom. The van der Waals surface area contributed by atoms with Gasteiger partial charge in [-0.1, -0.05) is 18.2 Å². The first-order chi connectivity index (χ1) is 6.77. The zero-order chi connectivity index (χ0) is 9.97. The van der Waals surface area contributed by atoms with Gasteiger partial charge in [-0.15, -0.1) is 0 Å². The molecule has 14 heavy (non-hydrogen) atoms. The molecule has 0 aromatic heterocycles. The van der Waals surface area contributed by atoms with Crippen LogP contribution in [0, 0.1) is 0 Å². The van der Waals surface area contributed by atoms with Crippen molar-refractivity contribution in [2.75, 3.05) is 13.3 Å². The standard InChI is InChI=1S/C10H11NO3/c12-9-4-2-1-3-8(9)5-11-7-14-6-10(11)13/h1-4,12H,5-7H2. The van der Waals surface area contributed by atoms with E-state index in [1.807, 2.05) is 6.07 Å². The Morgan fingerprint density at radius 3 is 2.86 bits per heavy atom. The number of nitrogens with zero attached hydrogens (tertiary/aromatic N) is 1. The molecule has 1 aromatic carbocycles. The lowest BCUT2D eigenvalue weighted by atomic mass is 10.2. The third-order valence-electron chi connectivity index (χ3n) is 2.18. The van der Waals surface area contributed by atoms with Crippen molar-refractivity contribution >= 4 is 5.91 Å². The lowest BCUT2D eigenvalue weighted by molar-refractivity contribution is -0.127. The lowest BCUT2D eigenvalue weighted by Gasteiger charge is -2.14. The van der Waals surface area contributed by atoms with Crippen molar-refractivity contribution in [1.82, 2.24) is 4.90 Å². The van der Waals surface area contributed by atoms with Gasteiger partial charge in [0.05, 0.1) is 6.54 Å². The molecule has 4 nitrogen and oxygen atoms in total. The van der Waals surface area contributed by atoms with Crippen LogP contribution in [-0.4, -0.2) is 29.3 Å². The SMILES string of the molecule is O=C1COCN1Cc1ccccc1O. The molecule has 1 amide bonds. The quantitative estimate of drug-likeness (QED) is 0.752. The molecule has 1 heterocycles. The largest absolute Gasteiger partial charge is 0.508 e. The topological polar surface area (TPSA) is 49.8 Å². The molecule has 2 rings (SSSR count). The predicted molar refractivity (Wildman–Crippen MR) is 49.5 cm³/mol. The van der Waals surface area contributed by atoms with Crippen LogP contribution in [0.5, 0.6) is 5.75 Å². The fraction of sp³-hybridized carbons (Fsp3) is 0.300. The van der Waals surface area contributed by atoms with Crippen LogP contribution in [-0.2, 0) is 16.1 Å². The van der Waals surface area contributed by atoms with Crippen molar-refractivity contribution in [2.45, 2.75) is 6.54 Å². The highest BCUT2D eigenvalue weighted by atomic mass is 16.5. The van der Waals surface area contributed by atoms with E-state index < -0.39 is 0 Å². The van der Waals surface area contributed by atoms with E-state index in [0.29, 0.717) is 13.3 Å². The van der Waals surface area contributed by atoms with E-state index in [2.05, 4.69) is 0 Å². The Hall–Kier alpha value is -1.55. The summed E-state index contributed by atoms with van der Waals surface area (Å²) in [6.45, 7) is 0.867. The summed E-state index contributed by atoms with van der Waals surface area (Å²) in [5, 5.41) is 9.48. The first kappa shape index (κ1) is 9.02. The lowest BCUT2D eigenvalue weighted by Crippen LogP contribution is -2.24. The third kappa shape index (κ3) is 1.70. The number of aromatic hydroxyl groups is 1. The minimum atomic E-state index is -0.0340. The van der Waals surface area contributed by atoms with E-state index in [-0.39, 0.29) is 18.3 Å². The molecule has 0 saturated carbocycles. The smallest absolute Gasteiger partial charge is 0.250 e. The number of carbonyl (C=O) groups is 1. The van der Waals surface area contributed by atoms with Crippen LogP contribution in [0.1, 0.15) is 5.56 Å². The molecule has 0 atom stereocenters. The van der Waals surface area contributed by atoms with E-state index in [0.717, 1.165) is 5.56 Å². The van der Waals surface area contributed by atoms with Crippen LogP contribution >= 0.6 is 0 Å². The number of hydrogen-bond acceptors (Lipinski definition) is 3. The van der Waals surface area contributed by atoms with Crippen molar-refractivity contribution in [1.29, 1.82) is 0 Å². The Kier molecular flexibility index (Phi) is 2.37. The van der Waals surface area contributed by atoms with Gasteiger partial charge in [-0.2, -0.15) is 0 Å². The van der Waals surface area contributed by atoms with Gasteiger partial charge in [0.2, 0.25) is 0 Å². The third-order valence-corrected chi connectivity index (χ3v) is 2.18. The van der Waals surface area contributed by atoms with Crippen LogP contribution < -0.4 is 0 Å². The Bertz CT molecular complexity index is 351. The van der Waals surface area contributed by atoms with Gasteiger partial charge in [0.15, 0.2) is 0 Å². The first-order valence-corrected chi connectivity index (χ1v) is 4.40. The maximum atomic E-state index is 11.2. The monoisotopic (exact) mass is 193 g/mol. The maximum absolute atomic E-state index is 11.2. The van der Waals surface area contributed by atoms with Crippen LogP contribution in [0.3, 0.4) is 0 Å². The van der Waals surface area contributed by atoms with Crippen molar-refractivity contribution < 1.29 is 14.6 Å². The second-order valence-corrected chi connectivity index (χ2v) is 3.20. The maximum Gasteiger partial charge on any atom is 0.250 e. The number of hydrogen-bond donors (Lipinski definition) is 1. The number of para-hydroxylation sites is 1. The zero-order valence-electron chi connectivity index (χ0n) is 7.64.